The molecule has 2 aliphatic heterocycles. The van der Waals surface area contributed by atoms with Gasteiger partial charge in [0.05, 0.1) is 12.3 Å². The third kappa shape index (κ3) is 3.18. The van der Waals surface area contributed by atoms with Gasteiger partial charge in [-0.25, -0.2) is 0 Å². The van der Waals surface area contributed by atoms with Gasteiger partial charge < -0.3 is 9.73 Å². The molecule has 0 saturated carbocycles. The Morgan fingerprint density at radius 2 is 2.14 bits per heavy atom. The molecule has 2 aliphatic rings. The maximum Gasteiger partial charge on any atom is 0.280 e. The van der Waals surface area contributed by atoms with E-state index in [4.69, 9.17) is 4.42 Å². The zero-order valence-corrected chi connectivity index (χ0v) is 13.1. The summed E-state index contributed by atoms with van der Waals surface area (Å²) in [4.78, 5) is 11.9. The summed E-state index contributed by atoms with van der Waals surface area (Å²) < 4.78 is 34.6. The van der Waals surface area contributed by atoms with Crippen LogP contribution in [-0.2, 0) is 15.0 Å². The molecule has 1 aromatic rings. The molecule has 0 spiro atoms. The van der Waals surface area contributed by atoms with Gasteiger partial charge in [0.2, 0.25) is 5.91 Å². The Labute approximate surface area is 130 Å². The second-order valence-corrected chi connectivity index (χ2v) is 7.40. The van der Waals surface area contributed by atoms with Gasteiger partial charge in [-0.15, -0.1) is 0 Å². The van der Waals surface area contributed by atoms with E-state index in [9.17, 15) is 13.2 Å². The molecule has 0 aliphatic carbocycles. The van der Waals surface area contributed by atoms with E-state index in [-0.39, 0.29) is 11.9 Å². The number of hydrogen-bond acceptors (Lipinski definition) is 4. The summed E-state index contributed by atoms with van der Waals surface area (Å²) in [5.41, 5.74) is 0. The van der Waals surface area contributed by atoms with Crippen LogP contribution in [0.3, 0.4) is 0 Å². The van der Waals surface area contributed by atoms with Crippen LogP contribution < -0.4 is 10.0 Å². The van der Waals surface area contributed by atoms with Crippen molar-refractivity contribution >= 4 is 16.1 Å². The molecule has 3 heterocycles. The van der Waals surface area contributed by atoms with Crippen LogP contribution in [0.25, 0.3) is 0 Å². The lowest BCUT2D eigenvalue weighted by Crippen LogP contribution is -2.50. The Hall–Kier alpha value is -1.38. The molecular formula is C14H21N3O4S. The smallest absolute Gasteiger partial charge is 0.280 e. The van der Waals surface area contributed by atoms with E-state index < -0.39 is 16.3 Å². The van der Waals surface area contributed by atoms with E-state index in [1.165, 1.54) is 4.31 Å². The summed E-state index contributed by atoms with van der Waals surface area (Å²) in [6, 6.07) is 2.56. The monoisotopic (exact) mass is 327 g/mol. The topological polar surface area (TPSA) is 91.7 Å². The average Bonchev–Trinajstić information content (AvgIpc) is 3.12. The van der Waals surface area contributed by atoms with Crippen molar-refractivity contribution in [3.05, 3.63) is 24.2 Å². The number of nitrogens with zero attached hydrogens (tertiary/aromatic N) is 1. The van der Waals surface area contributed by atoms with Crippen molar-refractivity contribution in [1.29, 1.82) is 0 Å². The first-order valence-corrected chi connectivity index (χ1v) is 9.12. The highest BCUT2D eigenvalue weighted by molar-refractivity contribution is 7.87. The molecule has 0 unspecified atom stereocenters. The molecule has 1 aromatic heterocycles. The fourth-order valence-corrected chi connectivity index (χ4v) is 4.73. The lowest BCUT2D eigenvalue weighted by molar-refractivity contribution is -0.122. The fraction of sp³-hybridized carbons (Fsp3) is 0.643. The molecule has 2 saturated heterocycles. The van der Waals surface area contributed by atoms with Crippen molar-refractivity contribution in [3.63, 3.8) is 0 Å². The van der Waals surface area contributed by atoms with Crippen molar-refractivity contribution in [2.45, 2.75) is 44.2 Å². The number of amides is 1. The number of hydrogen-bond donors (Lipinski definition) is 2. The summed E-state index contributed by atoms with van der Waals surface area (Å²) in [7, 11) is -3.72. The van der Waals surface area contributed by atoms with Crippen molar-refractivity contribution in [2.75, 3.05) is 13.1 Å². The SMILES string of the molecule is O=C1NCCCC[C@H]1NS(=O)(=O)N1CCC[C@@H]1c1ccco1. The summed E-state index contributed by atoms with van der Waals surface area (Å²) in [5.74, 6) is 0.406. The Balaban J connectivity index is 1.75. The van der Waals surface area contributed by atoms with Crippen molar-refractivity contribution < 1.29 is 17.6 Å². The summed E-state index contributed by atoms with van der Waals surface area (Å²) in [5, 5.41) is 2.74. The van der Waals surface area contributed by atoms with Crippen LogP contribution in [0.2, 0.25) is 0 Å². The predicted octanol–water partition coefficient (Wildman–Crippen LogP) is 0.920. The minimum Gasteiger partial charge on any atom is -0.468 e. The van der Waals surface area contributed by atoms with E-state index >= 15 is 0 Å². The minimum absolute atomic E-state index is 0.241. The number of carbonyl (C=O) groups excluding carboxylic acids is 1. The van der Waals surface area contributed by atoms with Gasteiger partial charge in [0, 0.05) is 13.1 Å². The van der Waals surface area contributed by atoms with E-state index in [0.29, 0.717) is 25.3 Å². The van der Waals surface area contributed by atoms with E-state index in [2.05, 4.69) is 10.0 Å². The van der Waals surface area contributed by atoms with Crippen molar-refractivity contribution in [3.8, 4) is 0 Å². The third-order valence-corrected chi connectivity index (χ3v) is 5.85. The molecule has 3 rings (SSSR count). The summed E-state index contributed by atoms with van der Waals surface area (Å²) in [6.07, 6.45) is 5.29. The first-order valence-electron chi connectivity index (χ1n) is 7.68. The molecule has 122 valence electrons. The molecule has 2 atom stereocenters. The van der Waals surface area contributed by atoms with Crippen molar-refractivity contribution in [1.82, 2.24) is 14.3 Å². The Morgan fingerprint density at radius 1 is 1.27 bits per heavy atom. The number of rotatable bonds is 4. The fourth-order valence-electron chi connectivity index (χ4n) is 3.09. The largest absolute Gasteiger partial charge is 0.468 e. The van der Waals surface area contributed by atoms with Crippen LogP contribution in [0, 0.1) is 0 Å². The van der Waals surface area contributed by atoms with Crippen LogP contribution in [0.1, 0.15) is 43.9 Å². The molecule has 2 N–H and O–H groups in total. The van der Waals surface area contributed by atoms with Crippen LogP contribution in [0.4, 0.5) is 0 Å². The van der Waals surface area contributed by atoms with Gasteiger partial charge >= 0.3 is 0 Å². The lowest BCUT2D eigenvalue weighted by atomic mass is 10.1. The number of carbonyl (C=O) groups is 1. The van der Waals surface area contributed by atoms with E-state index in [1.807, 2.05) is 0 Å². The van der Waals surface area contributed by atoms with Gasteiger partial charge in [-0.05, 0) is 44.2 Å². The van der Waals surface area contributed by atoms with Gasteiger partial charge in [0.1, 0.15) is 11.8 Å². The molecule has 2 fully saturated rings. The zero-order chi connectivity index (χ0) is 15.6. The normalized spacial score (nSPS) is 27.5. The summed E-state index contributed by atoms with van der Waals surface area (Å²) in [6.45, 7) is 1.05. The maximum atomic E-state index is 12.7. The van der Waals surface area contributed by atoms with Gasteiger partial charge in [0.15, 0.2) is 0 Å². The van der Waals surface area contributed by atoms with E-state index in [1.54, 1.807) is 18.4 Å². The number of nitrogens with one attached hydrogen (secondary N) is 2. The minimum atomic E-state index is -3.72. The second-order valence-electron chi connectivity index (χ2n) is 5.75. The van der Waals surface area contributed by atoms with Gasteiger partial charge in [0.25, 0.3) is 10.2 Å². The van der Waals surface area contributed by atoms with Crippen LogP contribution in [0.5, 0.6) is 0 Å². The Morgan fingerprint density at radius 3 is 2.91 bits per heavy atom. The molecule has 22 heavy (non-hydrogen) atoms. The lowest BCUT2D eigenvalue weighted by Gasteiger charge is -2.25. The first kappa shape index (κ1) is 15.5. The van der Waals surface area contributed by atoms with Crippen LogP contribution in [-0.4, -0.2) is 37.8 Å². The zero-order valence-electron chi connectivity index (χ0n) is 12.3. The molecule has 8 heteroatoms. The van der Waals surface area contributed by atoms with Gasteiger partial charge in [-0.1, -0.05) is 0 Å². The van der Waals surface area contributed by atoms with Gasteiger partial charge in [-0.3, -0.25) is 4.79 Å². The van der Waals surface area contributed by atoms with Crippen molar-refractivity contribution in [2.24, 2.45) is 0 Å². The quantitative estimate of drug-likeness (QED) is 0.860. The predicted molar refractivity (Wildman–Crippen MR) is 80.1 cm³/mol. The average molecular weight is 327 g/mol. The highest BCUT2D eigenvalue weighted by Gasteiger charge is 2.38. The maximum absolute atomic E-state index is 12.7. The highest BCUT2D eigenvalue weighted by Crippen LogP contribution is 2.34. The number of furan rings is 1. The van der Waals surface area contributed by atoms with Gasteiger partial charge in [-0.2, -0.15) is 17.4 Å². The first-order chi connectivity index (χ1) is 10.6. The third-order valence-electron chi connectivity index (χ3n) is 4.21. The molecule has 1 amide bonds. The Bertz CT molecular complexity index is 614. The molecule has 7 nitrogen and oxygen atoms in total. The Kier molecular flexibility index (Phi) is 4.51. The molecular weight excluding hydrogens is 306 g/mol. The molecule has 0 radical (unpaired) electrons. The standard InChI is InChI=1S/C14H21N3O4S/c18-14-11(5-1-2-8-15-14)16-22(19,20)17-9-3-6-12(17)13-7-4-10-21-13/h4,7,10-12,16H,1-3,5-6,8-9H2,(H,15,18)/t11-,12-/m1/s1. The second kappa shape index (κ2) is 6.39. The van der Waals surface area contributed by atoms with Crippen LogP contribution >= 0.6 is 0 Å². The molecule has 0 aromatic carbocycles. The van der Waals surface area contributed by atoms with Crippen LogP contribution in [0.15, 0.2) is 22.8 Å². The molecule has 0 bridgehead atoms. The highest BCUT2D eigenvalue weighted by atomic mass is 32.2. The summed E-state index contributed by atoms with van der Waals surface area (Å²) >= 11 is 0. The van der Waals surface area contributed by atoms with E-state index in [0.717, 1.165) is 25.7 Å².